The van der Waals surface area contributed by atoms with Crippen molar-refractivity contribution in [3.05, 3.63) is 59.7 Å². The lowest BCUT2D eigenvalue weighted by Crippen LogP contribution is -2.26. The Labute approximate surface area is 161 Å². The molecule has 27 heavy (non-hydrogen) atoms. The predicted molar refractivity (Wildman–Crippen MR) is 107 cm³/mol. The quantitative estimate of drug-likeness (QED) is 0.576. The van der Waals surface area contributed by atoms with Gasteiger partial charge in [-0.1, -0.05) is 37.6 Å². The van der Waals surface area contributed by atoms with Gasteiger partial charge < -0.3 is 19.5 Å². The Kier molecular flexibility index (Phi) is 9.21. The summed E-state index contributed by atoms with van der Waals surface area (Å²) in [6.45, 7) is 4.34. The van der Waals surface area contributed by atoms with Crippen LogP contribution in [0.1, 0.15) is 35.7 Å². The highest BCUT2D eigenvalue weighted by atomic mass is 16.5. The molecule has 2 aromatic carbocycles. The van der Waals surface area contributed by atoms with Crippen LogP contribution in [0.15, 0.2) is 48.5 Å². The summed E-state index contributed by atoms with van der Waals surface area (Å²) in [5.74, 6) is 1.32. The molecule has 0 aliphatic carbocycles. The fourth-order valence-corrected chi connectivity index (χ4v) is 2.52. The molecule has 0 saturated carbocycles. The van der Waals surface area contributed by atoms with Gasteiger partial charge >= 0.3 is 0 Å². The van der Waals surface area contributed by atoms with Crippen LogP contribution in [0.2, 0.25) is 0 Å². The lowest BCUT2D eigenvalue weighted by Gasteiger charge is -2.11. The predicted octanol–water partition coefficient (Wildman–Crippen LogP) is 3.86. The summed E-state index contributed by atoms with van der Waals surface area (Å²) in [6.07, 6.45) is 2.94. The Balaban J connectivity index is 1.80. The zero-order valence-electron chi connectivity index (χ0n) is 16.2. The van der Waals surface area contributed by atoms with Gasteiger partial charge in [0, 0.05) is 13.7 Å². The maximum Gasteiger partial charge on any atom is 0.255 e. The molecule has 0 fully saturated rings. The standard InChI is InChI=1S/C22H29NO4/c1-3-4-15-26-19-11-9-18(10-12-19)13-14-23-22(24)20-7-5-6-8-21(20)27-17-16-25-2/h5-12H,3-4,13-17H2,1-2H3,(H,23,24). The molecule has 0 spiro atoms. The number of carbonyl (C=O) groups is 1. The highest BCUT2D eigenvalue weighted by Crippen LogP contribution is 2.18. The number of rotatable bonds is 12. The molecule has 0 radical (unpaired) electrons. The van der Waals surface area contributed by atoms with E-state index in [-0.39, 0.29) is 5.91 Å². The van der Waals surface area contributed by atoms with Gasteiger partial charge in [0.1, 0.15) is 18.1 Å². The van der Waals surface area contributed by atoms with E-state index in [9.17, 15) is 4.79 Å². The van der Waals surface area contributed by atoms with Crippen molar-refractivity contribution in [2.45, 2.75) is 26.2 Å². The number of hydrogen-bond acceptors (Lipinski definition) is 4. The number of amides is 1. The Morgan fingerprint density at radius 1 is 0.963 bits per heavy atom. The van der Waals surface area contributed by atoms with Crippen LogP contribution in [0.5, 0.6) is 11.5 Å². The number of unbranched alkanes of at least 4 members (excludes halogenated alkanes) is 1. The number of methoxy groups -OCH3 is 1. The lowest BCUT2D eigenvalue weighted by atomic mass is 10.1. The maximum absolute atomic E-state index is 12.4. The van der Waals surface area contributed by atoms with Gasteiger partial charge in [0.05, 0.1) is 18.8 Å². The normalized spacial score (nSPS) is 10.4. The van der Waals surface area contributed by atoms with Gasteiger partial charge in [0.2, 0.25) is 0 Å². The van der Waals surface area contributed by atoms with Gasteiger partial charge in [0.15, 0.2) is 0 Å². The van der Waals surface area contributed by atoms with Gasteiger partial charge in [-0.05, 0) is 42.7 Å². The summed E-state index contributed by atoms with van der Waals surface area (Å²) >= 11 is 0. The average molecular weight is 371 g/mol. The summed E-state index contributed by atoms with van der Waals surface area (Å²) in [5.41, 5.74) is 1.69. The second kappa shape index (κ2) is 12.0. The average Bonchev–Trinajstić information content (AvgIpc) is 2.70. The number of ether oxygens (including phenoxy) is 3. The monoisotopic (exact) mass is 371 g/mol. The minimum Gasteiger partial charge on any atom is -0.494 e. The van der Waals surface area contributed by atoms with E-state index < -0.39 is 0 Å². The van der Waals surface area contributed by atoms with Crippen molar-refractivity contribution in [3.63, 3.8) is 0 Å². The molecule has 0 heterocycles. The second-order valence-electron chi connectivity index (χ2n) is 6.19. The molecule has 1 amide bonds. The molecule has 0 aromatic heterocycles. The molecule has 2 rings (SSSR count). The smallest absolute Gasteiger partial charge is 0.255 e. The summed E-state index contributed by atoms with van der Waals surface area (Å²) in [6, 6.07) is 15.3. The summed E-state index contributed by atoms with van der Waals surface area (Å²) in [7, 11) is 1.62. The SMILES string of the molecule is CCCCOc1ccc(CCNC(=O)c2ccccc2OCCOC)cc1. The van der Waals surface area contributed by atoms with Gasteiger partial charge in [-0.25, -0.2) is 0 Å². The Hall–Kier alpha value is -2.53. The van der Waals surface area contributed by atoms with Gasteiger partial charge in [0.25, 0.3) is 5.91 Å². The van der Waals surface area contributed by atoms with Crippen molar-refractivity contribution in [1.29, 1.82) is 0 Å². The number of hydrogen-bond donors (Lipinski definition) is 1. The third-order valence-electron chi connectivity index (χ3n) is 4.07. The van der Waals surface area contributed by atoms with Crippen LogP contribution in [0.4, 0.5) is 0 Å². The molecule has 0 unspecified atom stereocenters. The Bertz CT molecular complexity index is 685. The molecule has 0 atom stereocenters. The first-order valence-electron chi connectivity index (χ1n) is 9.45. The lowest BCUT2D eigenvalue weighted by molar-refractivity contribution is 0.0946. The molecule has 0 aliphatic rings. The van der Waals surface area contributed by atoms with E-state index in [1.54, 1.807) is 19.2 Å². The van der Waals surface area contributed by atoms with E-state index in [1.807, 2.05) is 36.4 Å². The van der Waals surface area contributed by atoms with Crippen molar-refractivity contribution in [3.8, 4) is 11.5 Å². The Morgan fingerprint density at radius 3 is 2.48 bits per heavy atom. The fraction of sp³-hybridized carbons (Fsp3) is 0.409. The molecule has 0 bridgehead atoms. The van der Waals surface area contributed by atoms with E-state index in [0.717, 1.165) is 37.2 Å². The largest absolute Gasteiger partial charge is 0.494 e. The minimum atomic E-state index is -0.137. The number of nitrogens with one attached hydrogen (secondary N) is 1. The highest BCUT2D eigenvalue weighted by Gasteiger charge is 2.11. The van der Waals surface area contributed by atoms with Crippen LogP contribution in [0.25, 0.3) is 0 Å². The van der Waals surface area contributed by atoms with Crippen molar-refractivity contribution in [1.82, 2.24) is 5.32 Å². The summed E-state index contributed by atoms with van der Waals surface area (Å²) in [5, 5.41) is 2.95. The van der Waals surface area contributed by atoms with Crippen LogP contribution in [0, 0.1) is 0 Å². The molecular weight excluding hydrogens is 342 g/mol. The molecule has 5 heteroatoms. The molecule has 5 nitrogen and oxygen atoms in total. The van der Waals surface area contributed by atoms with Gasteiger partial charge in [-0.2, -0.15) is 0 Å². The summed E-state index contributed by atoms with van der Waals surface area (Å²) in [4.78, 5) is 12.4. The molecular formula is C22H29NO4. The molecule has 146 valence electrons. The second-order valence-corrected chi connectivity index (χ2v) is 6.19. The third-order valence-corrected chi connectivity index (χ3v) is 4.07. The highest BCUT2D eigenvalue weighted by molar-refractivity contribution is 5.96. The zero-order chi connectivity index (χ0) is 19.3. The van der Waals surface area contributed by atoms with Crippen molar-refractivity contribution in [2.24, 2.45) is 0 Å². The Morgan fingerprint density at radius 2 is 1.74 bits per heavy atom. The van der Waals surface area contributed by atoms with Crippen molar-refractivity contribution >= 4 is 5.91 Å². The van der Waals surface area contributed by atoms with Crippen molar-refractivity contribution in [2.75, 3.05) is 33.5 Å². The van der Waals surface area contributed by atoms with E-state index in [0.29, 0.717) is 31.1 Å². The van der Waals surface area contributed by atoms with E-state index in [2.05, 4.69) is 12.2 Å². The van der Waals surface area contributed by atoms with Crippen LogP contribution in [-0.4, -0.2) is 39.4 Å². The van der Waals surface area contributed by atoms with Crippen LogP contribution in [-0.2, 0) is 11.2 Å². The first-order chi connectivity index (χ1) is 13.2. The van der Waals surface area contributed by atoms with Gasteiger partial charge in [-0.3, -0.25) is 4.79 Å². The molecule has 0 saturated heterocycles. The van der Waals surface area contributed by atoms with Crippen LogP contribution < -0.4 is 14.8 Å². The van der Waals surface area contributed by atoms with Crippen molar-refractivity contribution < 1.29 is 19.0 Å². The molecule has 1 N–H and O–H groups in total. The fourth-order valence-electron chi connectivity index (χ4n) is 2.52. The van der Waals surface area contributed by atoms with E-state index in [1.165, 1.54) is 0 Å². The number of carbonyl (C=O) groups excluding carboxylic acids is 1. The first-order valence-corrected chi connectivity index (χ1v) is 9.45. The maximum atomic E-state index is 12.4. The molecule has 2 aromatic rings. The van der Waals surface area contributed by atoms with Gasteiger partial charge in [-0.15, -0.1) is 0 Å². The summed E-state index contributed by atoms with van der Waals surface area (Å²) < 4.78 is 16.3. The third kappa shape index (κ3) is 7.31. The zero-order valence-corrected chi connectivity index (χ0v) is 16.2. The topological polar surface area (TPSA) is 56.8 Å². The van der Waals surface area contributed by atoms with E-state index >= 15 is 0 Å². The first kappa shape index (κ1) is 20.8. The molecule has 0 aliphatic heterocycles. The van der Waals surface area contributed by atoms with Crippen LogP contribution in [0.3, 0.4) is 0 Å². The minimum absolute atomic E-state index is 0.137. The number of para-hydroxylation sites is 1. The van der Waals surface area contributed by atoms with Crippen LogP contribution >= 0.6 is 0 Å². The number of benzene rings is 2. The van der Waals surface area contributed by atoms with E-state index in [4.69, 9.17) is 14.2 Å².